The van der Waals surface area contributed by atoms with Crippen molar-refractivity contribution in [3.63, 3.8) is 0 Å². The number of carbonyl (C=O) groups excluding carboxylic acids is 1. The van der Waals surface area contributed by atoms with Gasteiger partial charge in [-0.3, -0.25) is 5.10 Å². The molecule has 2 atom stereocenters. The van der Waals surface area contributed by atoms with Crippen LogP contribution in [0.5, 0.6) is 0 Å². The Balaban J connectivity index is 1.71. The molecular formula is C15H26N4O2. The Hall–Kier alpha value is -1.56. The first kappa shape index (κ1) is 15.8. The third-order valence-corrected chi connectivity index (χ3v) is 3.67. The van der Waals surface area contributed by atoms with E-state index in [9.17, 15) is 4.79 Å². The predicted octanol–water partition coefficient (Wildman–Crippen LogP) is 2.25. The third-order valence-electron chi connectivity index (χ3n) is 3.67. The number of amides is 1. The van der Waals surface area contributed by atoms with Gasteiger partial charge in [-0.15, -0.1) is 0 Å². The van der Waals surface area contributed by atoms with Crippen LogP contribution in [0.15, 0.2) is 6.20 Å². The van der Waals surface area contributed by atoms with Crippen molar-refractivity contribution in [1.82, 2.24) is 20.8 Å². The number of carbonyl (C=O) groups is 1. The number of nitrogens with one attached hydrogen (secondary N) is 3. The van der Waals surface area contributed by atoms with Crippen LogP contribution >= 0.6 is 0 Å². The Kier molecular flexibility index (Phi) is 4.88. The summed E-state index contributed by atoms with van der Waals surface area (Å²) in [7, 11) is 0. The molecule has 0 aliphatic heterocycles. The highest BCUT2D eigenvalue weighted by atomic mass is 16.6. The third kappa shape index (κ3) is 5.04. The highest BCUT2D eigenvalue weighted by Crippen LogP contribution is 2.20. The summed E-state index contributed by atoms with van der Waals surface area (Å²) in [4.78, 5) is 11.7. The minimum absolute atomic E-state index is 0.197. The minimum Gasteiger partial charge on any atom is -0.444 e. The predicted molar refractivity (Wildman–Crippen MR) is 81.0 cm³/mol. The smallest absolute Gasteiger partial charge is 0.407 e. The molecule has 2 unspecified atom stereocenters. The molecule has 1 saturated carbocycles. The molecule has 118 valence electrons. The summed E-state index contributed by atoms with van der Waals surface area (Å²) in [5.41, 5.74) is 1.85. The molecule has 6 nitrogen and oxygen atoms in total. The number of ether oxygens (including phenoxy) is 1. The van der Waals surface area contributed by atoms with Crippen molar-refractivity contribution in [2.45, 2.75) is 71.2 Å². The first-order valence-corrected chi connectivity index (χ1v) is 7.55. The van der Waals surface area contributed by atoms with Gasteiger partial charge in [-0.25, -0.2) is 4.79 Å². The van der Waals surface area contributed by atoms with E-state index in [1.165, 1.54) is 5.56 Å². The number of aryl methyl sites for hydroxylation is 1. The van der Waals surface area contributed by atoms with Crippen LogP contribution in [0.3, 0.4) is 0 Å². The molecule has 1 aliphatic carbocycles. The maximum Gasteiger partial charge on any atom is 0.407 e. The van der Waals surface area contributed by atoms with Gasteiger partial charge in [-0.05, 0) is 47.0 Å². The molecule has 0 spiro atoms. The fourth-order valence-corrected chi connectivity index (χ4v) is 2.58. The second-order valence-corrected chi connectivity index (χ2v) is 6.75. The van der Waals surface area contributed by atoms with Gasteiger partial charge in [-0.2, -0.15) is 5.10 Å². The fourth-order valence-electron chi connectivity index (χ4n) is 2.58. The number of H-pyrrole nitrogens is 1. The van der Waals surface area contributed by atoms with Crippen LogP contribution in [0.2, 0.25) is 0 Å². The molecule has 0 radical (unpaired) electrons. The number of rotatable bonds is 4. The molecule has 0 aromatic carbocycles. The molecular weight excluding hydrogens is 268 g/mol. The Morgan fingerprint density at radius 1 is 1.43 bits per heavy atom. The zero-order chi connectivity index (χ0) is 15.5. The van der Waals surface area contributed by atoms with Crippen LogP contribution in [0.4, 0.5) is 4.79 Å². The largest absolute Gasteiger partial charge is 0.444 e. The zero-order valence-corrected chi connectivity index (χ0v) is 13.3. The van der Waals surface area contributed by atoms with Crippen molar-refractivity contribution in [3.05, 3.63) is 17.5 Å². The maximum atomic E-state index is 11.7. The van der Waals surface area contributed by atoms with Crippen molar-refractivity contribution in [3.8, 4) is 0 Å². The van der Waals surface area contributed by atoms with Gasteiger partial charge in [0.2, 0.25) is 0 Å². The maximum absolute atomic E-state index is 11.7. The number of alkyl carbamates (subject to hydrolysis) is 1. The summed E-state index contributed by atoms with van der Waals surface area (Å²) in [6.07, 6.45) is 4.53. The molecule has 1 heterocycles. The first-order chi connectivity index (χ1) is 9.83. The molecule has 3 N–H and O–H groups in total. The zero-order valence-electron chi connectivity index (χ0n) is 13.3. The SMILES string of the molecule is Cc1[nH]ncc1CNC1CCC(NC(=O)OC(C)(C)C)C1. The van der Waals surface area contributed by atoms with Gasteiger partial charge in [0.05, 0.1) is 6.20 Å². The Morgan fingerprint density at radius 2 is 2.14 bits per heavy atom. The number of aromatic amines is 1. The average Bonchev–Trinajstić information content (AvgIpc) is 2.93. The Labute approximate surface area is 126 Å². The van der Waals surface area contributed by atoms with Crippen LogP contribution in [-0.2, 0) is 11.3 Å². The Morgan fingerprint density at radius 3 is 2.76 bits per heavy atom. The van der Waals surface area contributed by atoms with Crippen LogP contribution in [0.25, 0.3) is 0 Å². The summed E-state index contributed by atoms with van der Waals surface area (Å²) in [6, 6.07) is 0.627. The number of hydrogen-bond donors (Lipinski definition) is 3. The van der Waals surface area contributed by atoms with E-state index in [4.69, 9.17) is 4.74 Å². The van der Waals surface area contributed by atoms with Gasteiger partial charge in [0, 0.05) is 29.9 Å². The molecule has 6 heteroatoms. The molecule has 21 heavy (non-hydrogen) atoms. The molecule has 1 aromatic rings. The number of hydrogen-bond acceptors (Lipinski definition) is 4. The number of aromatic nitrogens is 2. The molecule has 1 aliphatic rings. The lowest BCUT2D eigenvalue weighted by molar-refractivity contribution is 0.0505. The molecule has 1 aromatic heterocycles. The fraction of sp³-hybridized carbons (Fsp3) is 0.733. The van der Waals surface area contributed by atoms with Gasteiger partial charge < -0.3 is 15.4 Å². The lowest BCUT2D eigenvalue weighted by atomic mass is 10.2. The summed E-state index contributed by atoms with van der Waals surface area (Å²) in [6.45, 7) is 8.45. The first-order valence-electron chi connectivity index (χ1n) is 7.55. The van der Waals surface area contributed by atoms with E-state index in [1.807, 2.05) is 33.9 Å². The van der Waals surface area contributed by atoms with E-state index < -0.39 is 5.60 Å². The van der Waals surface area contributed by atoms with Gasteiger partial charge in [0.1, 0.15) is 5.60 Å². The summed E-state index contributed by atoms with van der Waals surface area (Å²) < 4.78 is 5.29. The monoisotopic (exact) mass is 294 g/mol. The van der Waals surface area contributed by atoms with Gasteiger partial charge in [0.15, 0.2) is 0 Å². The second kappa shape index (κ2) is 6.47. The highest BCUT2D eigenvalue weighted by Gasteiger charge is 2.27. The van der Waals surface area contributed by atoms with E-state index in [2.05, 4.69) is 20.8 Å². The van der Waals surface area contributed by atoms with E-state index in [-0.39, 0.29) is 12.1 Å². The van der Waals surface area contributed by atoms with Gasteiger partial charge >= 0.3 is 6.09 Å². The summed E-state index contributed by atoms with van der Waals surface area (Å²) >= 11 is 0. The van der Waals surface area contributed by atoms with Crippen LogP contribution < -0.4 is 10.6 Å². The van der Waals surface area contributed by atoms with Crippen molar-refractivity contribution in [1.29, 1.82) is 0 Å². The lowest BCUT2D eigenvalue weighted by Crippen LogP contribution is -2.38. The quantitative estimate of drug-likeness (QED) is 0.796. The number of nitrogens with zero attached hydrogens (tertiary/aromatic N) is 1. The van der Waals surface area contributed by atoms with E-state index in [1.54, 1.807) is 0 Å². The molecule has 0 bridgehead atoms. The van der Waals surface area contributed by atoms with Gasteiger partial charge in [0.25, 0.3) is 0 Å². The van der Waals surface area contributed by atoms with Crippen LogP contribution in [0.1, 0.15) is 51.3 Å². The molecule has 2 rings (SSSR count). The highest BCUT2D eigenvalue weighted by molar-refractivity contribution is 5.68. The normalized spacial score (nSPS) is 22.3. The summed E-state index contributed by atoms with van der Waals surface area (Å²) in [5, 5.41) is 13.4. The summed E-state index contributed by atoms with van der Waals surface area (Å²) in [5.74, 6) is 0. The second-order valence-electron chi connectivity index (χ2n) is 6.75. The molecule has 0 saturated heterocycles. The Bertz CT molecular complexity index is 478. The van der Waals surface area contributed by atoms with Crippen LogP contribution in [-0.4, -0.2) is 34.0 Å². The van der Waals surface area contributed by atoms with Crippen molar-refractivity contribution in [2.75, 3.05) is 0 Å². The van der Waals surface area contributed by atoms with Crippen LogP contribution in [0, 0.1) is 6.92 Å². The lowest BCUT2D eigenvalue weighted by Gasteiger charge is -2.21. The molecule has 1 fully saturated rings. The van der Waals surface area contributed by atoms with Gasteiger partial charge in [-0.1, -0.05) is 0 Å². The minimum atomic E-state index is -0.445. The van der Waals surface area contributed by atoms with E-state index in [0.717, 1.165) is 31.5 Å². The van der Waals surface area contributed by atoms with E-state index >= 15 is 0 Å². The standard InChI is InChI=1S/C15H26N4O2/c1-10-11(9-17-19-10)8-16-12-5-6-13(7-12)18-14(20)21-15(2,3)4/h9,12-13,16H,5-8H2,1-4H3,(H,17,19)(H,18,20). The van der Waals surface area contributed by atoms with Crippen molar-refractivity contribution in [2.24, 2.45) is 0 Å². The molecule has 1 amide bonds. The van der Waals surface area contributed by atoms with E-state index in [0.29, 0.717) is 6.04 Å². The average molecular weight is 294 g/mol. The van der Waals surface area contributed by atoms with Crippen molar-refractivity contribution < 1.29 is 9.53 Å². The topological polar surface area (TPSA) is 79.0 Å². The van der Waals surface area contributed by atoms with Crippen molar-refractivity contribution >= 4 is 6.09 Å².